The van der Waals surface area contributed by atoms with Crippen molar-refractivity contribution in [3.63, 3.8) is 0 Å². The summed E-state index contributed by atoms with van der Waals surface area (Å²) in [4.78, 5) is 16.4. The Morgan fingerprint density at radius 3 is 2.67 bits per heavy atom. The molecule has 0 aliphatic rings. The quantitative estimate of drug-likeness (QED) is 0.796. The summed E-state index contributed by atoms with van der Waals surface area (Å²) in [6.45, 7) is 1.87. The number of hydrogen-bond acceptors (Lipinski definition) is 3. The Morgan fingerprint density at radius 2 is 2.06 bits per heavy atom. The summed E-state index contributed by atoms with van der Waals surface area (Å²) in [7, 11) is 1.51. The van der Waals surface area contributed by atoms with Gasteiger partial charge in [0.15, 0.2) is 5.78 Å². The summed E-state index contributed by atoms with van der Waals surface area (Å²) in [6.07, 6.45) is 1.56. The molecule has 92 valence electrons. The van der Waals surface area contributed by atoms with Crippen LogP contribution in [0.15, 0.2) is 36.5 Å². The number of nitrogens with zero attached hydrogens (tertiary/aromatic N) is 1. The molecule has 0 bridgehead atoms. The van der Waals surface area contributed by atoms with Crippen LogP contribution in [0.5, 0.6) is 5.75 Å². The molecule has 1 aromatic heterocycles. The van der Waals surface area contributed by atoms with Crippen LogP contribution >= 0.6 is 11.6 Å². The lowest BCUT2D eigenvalue weighted by molar-refractivity contribution is 0.103. The molecule has 3 nitrogen and oxygen atoms in total. The highest BCUT2D eigenvalue weighted by atomic mass is 35.5. The second-order valence-electron chi connectivity index (χ2n) is 3.86. The number of carbonyl (C=O) groups is 1. The molecule has 0 saturated heterocycles. The SMILES string of the molecule is COc1cc(Cl)ccc1C(=O)c1ccc(C)nc1. The molecule has 0 fully saturated rings. The maximum absolute atomic E-state index is 12.3. The first-order chi connectivity index (χ1) is 8.61. The molecule has 0 amide bonds. The zero-order chi connectivity index (χ0) is 13.1. The third kappa shape index (κ3) is 2.51. The van der Waals surface area contributed by atoms with Gasteiger partial charge in [0.05, 0.1) is 12.7 Å². The molecule has 0 atom stereocenters. The van der Waals surface area contributed by atoms with Crippen molar-refractivity contribution in [2.45, 2.75) is 6.92 Å². The molecule has 0 unspecified atom stereocenters. The van der Waals surface area contributed by atoms with Crippen LogP contribution in [-0.2, 0) is 0 Å². The van der Waals surface area contributed by atoms with E-state index in [0.717, 1.165) is 5.69 Å². The Morgan fingerprint density at radius 1 is 1.28 bits per heavy atom. The molecule has 0 aliphatic carbocycles. The number of aryl methyl sites for hydroxylation is 1. The van der Waals surface area contributed by atoms with Gasteiger partial charge < -0.3 is 4.74 Å². The number of hydrogen-bond donors (Lipinski definition) is 0. The second kappa shape index (κ2) is 5.19. The van der Waals surface area contributed by atoms with E-state index in [2.05, 4.69) is 4.98 Å². The fourth-order valence-corrected chi connectivity index (χ4v) is 1.77. The summed E-state index contributed by atoms with van der Waals surface area (Å²) in [5, 5.41) is 0.533. The van der Waals surface area contributed by atoms with Gasteiger partial charge in [-0.2, -0.15) is 0 Å². The third-order valence-corrected chi connectivity index (χ3v) is 2.82. The van der Waals surface area contributed by atoms with E-state index in [1.165, 1.54) is 7.11 Å². The minimum atomic E-state index is -0.129. The van der Waals surface area contributed by atoms with Gasteiger partial charge in [-0.3, -0.25) is 9.78 Å². The number of ketones is 1. The molecule has 0 N–H and O–H groups in total. The number of carbonyl (C=O) groups excluding carboxylic acids is 1. The average Bonchev–Trinajstić information content (AvgIpc) is 2.38. The maximum atomic E-state index is 12.3. The molecule has 0 radical (unpaired) electrons. The van der Waals surface area contributed by atoms with Crippen LogP contribution in [-0.4, -0.2) is 17.9 Å². The molecule has 18 heavy (non-hydrogen) atoms. The van der Waals surface area contributed by atoms with E-state index in [9.17, 15) is 4.79 Å². The normalized spacial score (nSPS) is 10.2. The molecular formula is C14H12ClNO2. The van der Waals surface area contributed by atoms with Crippen molar-refractivity contribution in [1.82, 2.24) is 4.98 Å². The number of methoxy groups -OCH3 is 1. The number of benzene rings is 1. The van der Waals surface area contributed by atoms with Crippen LogP contribution < -0.4 is 4.74 Å². The molecular weight excluding hydrogens is 250 g/mol. The van der Waals surface area contributed by atoms with Gasteiger partial charge in [-0.05, 0) is 37.3 Å². The average molecular weight is 262 g/mol. The van der Waals surface area contributed by atoms with E-state index in [4.69, 9.17) is 16.3 Å². The fraction of sp³-hybridized carbons (Fsp3) is 0.143. The number of ether oxygens (including phenoxy) is 1. The molecule has 0 spiro atoms. The standard InChI is InChI=1S/C14H12ClNO2/c1-9-3-4-10(8-16-9)14(17)12-6-5-11(15)7-13(12)18-2/h3-8H,1-2H3. The van der Waals surface area contributed by atoms with E-state index < -0.39 is 0 Å². The Labute approximate surface area is 110 Å². The molecule has 0 aliphatic heterocycles. The summed E-state index contributed by atoms with van der Waals surface area (Å²) >= 11 is 5.86. The number of halogens is 1. The lowest BCUT2D eigenvalue weighted by atomic mass is 10.0. The predicted molar refractivity (Wildman–Crippen MR) is 70.4 cm³/mol. The van der Waals surface area contributed by atoms with E-state index in [1.54, 1.807) is 36.5 Å². The number of aromatic nitrogens is 1. The van der Waals surface area contributed by atoms with E-state index in [0.29, 0.717) is 21.9 Å². The van der Waals surface area contributed by atoms with Gasteiger partial charge >= 0.3 is 0 Å². The van der Waals surface area contributed by atoms with Crippen molar-refractivity contribution in [1.29, 1.82) is 0 Å². The maximum Gasteiger partial charge on any atom is 0.198 e. The summed E-state index contributed by atoms with van der Waals surface area (Å²) in [6, 6.07) is 8.49. The van der Waals surface area contributed by atoms with Gasteiger partial charge in [-0.15, -0.1) is 0 Å². The highest BCUT2D eigenvalue weighted by Gasteiger charge is 2.14. The van der Waals surface area contributed by atoms with Gasteiger partial charge in [-0.1, -0.05) is 11.6 Å². The van der Waals surface area contributed by atoms with E-state index in [-0.39, 0.29) is 5.78 Å². The first kappa shape index (κ1) is 12.6. The van der Waals surface area contributed by atoms with Gasteiger partial charge in [0, 0.05) is 22.5 Å². The zero-order valence-electron chi connectivity index (χ0n) is 10.1. The van der Waals surface area contributed by atoms with Crippen LogP contribution in [0.4, 0.5) is 0 Å². The molecule has 4 heteroatoms. The molecule has 1 heterocycles. The van der Waals surface area contributed by atoms with Gasteiger partial charge in [0.25, 0.3) is 0 Å². The lowest BCUT2D eigenvalue weighted by Crippen LogP contribution is -2.04. The highest BCUT2D eigenvalue weighted by Crippen LogP contribution is 2.25. The Kier molecular flexibility index (Phi) is 3.63. The van der Waals surface area contributed by atoms with Gasteiger partial charge in [0.1, 0.15) is 5.75 Å². The van der Waals surface area contributed by atoms with Crippen molar-refractivity contribution in [3.8, 4) is 5.75 Å². The Balaban J connectivity index is 2.42. The fourth-order valence-electron chi connectivity index (χ4n) is 1.61. The Bertz CT molecular complexity index is 579. The summed E-state index contributed by atoms with van der Waals surface area (Å²) < 4.78 is 5.17. The third-order valence-electron chi connectivity index (χ3n) is 2.58. The lowest BCUT2D eigenvalue weighted by Gasteiger charge is -2.08. The van der Waals surface area contributed by atoms with Crippen molar-refractivity contribution in [3.05, 3.63) is 58.4 Å². The first-order valence-corrected chi connectivity index (χ1v) is 5.80. The van der Waals surface area contributed by atoms with Gasteiger partial charge in [0.2, 0.25) is 0 Å². The minimum absolute atomic E-state index is 0.129. The van der Waals surface area contributed by atoms with Gasteiger partial charge in [-0.25, -0.2) is 0 Å². The number of rotatable bonds is 3. The van der Waals surface area contributed by atoms with Crippen LogP contribution in [0.1, 0.15) is 21.6 Å². The van der Waals surface area contributed by atoms with Crippen molar-refractivity contribution >= 4 is 17.4 Å². The smallest absolute Gasteiger partial charge is 0.198 e. The number of pyridine rings is 1. The van der Waals surface area contributed by atoms with Crippen LogP contribution in [0.3, 0.4) is 0 Å². The molecule has 0 saturated carbocycles. The first-order valence-electron chi connectivity index (χ1n) is 5.42. The van der Waals surface area contributed by atoms with E-state index >= 15 is 0 Å². The second-order valence-corrected chi connectivity index (χ2v) is 4.30. The van der Waals surface area contributed by atoms with Crippen LogP contribution in [0.2, 0.25) is 5.02 Å². The monoisotopic (exact) mass is 261 g/mol. The van der Waals surface area contributed by atoms with Crippen LogP contribution in [0.25, 0.3) is 0 Å². The molecule has 2 rings (SSSR count). The summed E-state index contributed by atoms with van der Waals surface area (Å²) in [5.74, 6) is 0.337. The van der Waals surface area contributed by atoms with Crippen LogP contribution in [0, 0.1) is 6.92 Å². The molecule has 1 aromatic carbocycles. The summed E-state index contributed by atoms with van der Waals surface area (Å²) in [5.41, 5.74) is 1.88. The molecule has 2 aromatic rings. The topological polar surface area (TPSA) is 39.2 Å². The largest absolute Gasteiger partial charge is 0.496 e. The Hall–Kier alpha value is -1.87. The minimum Gasteiger partial charge on any atom is -0.496 e. The predicted octanol–water partition coefficient (Wildman–Crippen LogP) is 3.28. The van der Waals surface area contributed by atoms with Crippen molar-refractivity contribution in [2.75, 3.05) is 7.11 Å². The van der Waals surface area contributed by atoms with Crippen molar-refractivity contribution < 1.29 is 9.53 Å². The zero-order valence-corrected chi connectivity index (χ0v) is 10.9. The highest BCUT2D eigenvalue weighted by molar-refractivity contribution is 6.31. The van der Waals surface area contributed by atoms with Crippen molar-refractivity contribution in [2.24, 2.45) is 0 Å². The van der Waals surface area contributed by atoms with E-state index in [1.807, 2.05) is 6.92 Å².